The Morgan fingerprint density at radius 1 is 1.36 bits per heavy atom. The molecule has 1 saturated heterocycles. The summed E-state index contributed by atoms with van der Waals surface area (Å²) in [5, 5.41) is 3.26. The molecule has 136 valence electrons. The van der Waals surface area contributed by atoms with Crippen LogP contribution in [0.3, 0.4) is 0 Å². The van der Waals surface area contributed by atoms with Crippen molar-refractivity contribution in [1.82, 2.24) is 14.8 Å². The lowest BCUT2D eigenvalue weighted by molar-refractivity contribution is -0.129. The van der Waals surface area contributed by atoms with E-state index < -0.39 is 0 Å². The van der Waals surface area contributed by atoms with Crippen molar-refractivity contribution in [3.63, 3.8) is 0 Å². The predicted molar refractivity (Wildman–Crippen MR) is 101 cm³/mol. The van der Waals surface area contributed by atoms with Crippen molar-refractivity contribution in [2.45, 2.75) is 64.0 Å². The molecule has 25 heavy (non-hydrogen) atoms. The van der Waals surface area contributed by atoms with Gasteiger partial charge < -0.3 is 4.90 Å². The van der Waals surface area contributed by atoms with Crippen molar-refractivity contribution in [3.05, 3.63) is 28.2 Å². The molecule has 1 unspecified atom stereocenters. The summed E-state index contributed by atoms with van der Waals surface area (Å²) in [6.07, 6.45) is 13.5. The number of thiazole rings is 1. The third-order valence-corrected chi connectivity index (χ3v) is 7.17. The van der Waals surface area contributed by atoms with Crippen molar-refractivity contribution < 1.29 is 4.79 Å². The molecule has 2 fully saturated rings. The van der Waals surface area contributed by atoms with Crippen LogP contribution in [0.4, 0.5) is 0 Å². The van der Waals surface area contributed by atoms with Gasteiger partial charge in [0, 0.05) is 36.3 Å². The average molecular weight is 360 g/mol. The van der Waals surface area contributed by atoms with Crippen LogP contribution < -0.4 is 0 Å². The quantitative estimate of drug-likeness (QED) is 0.819. The summed E-state index contributed by atoms with van der Waals surface area (Å²) in [5.74, 6) is 0.324. The topological polar surface area (TPSA) is 36.4 Å². The van der Waals surface area contributed by atoms with Gasteiger partial charge in [-0.15, -0.1) is 11.3 Å². The van der Waals surface area contributed by atoms with Crippen LogP contribution in [-0.4, -0.2) is 46.9 Å². The maximum absolute atomic E-state index is 12.8. The van der Waals surface area contributed by atoms with Crippen LogP contribution in [0.1, 0.15) is 56.4 Å². The van der Waals surface area contributed by atoms with E-state index in [9.17, 15) is 4.79 Å². The van der Waals surface area contributed by atoms with E-state index in [-0.39, 0.29) is 0 Å². The highest BCUT2D eigenvalue weighted by atomic mass is 32.1. The first kappa shape index (κ1) is 17.2. The molecule has 2 aliphatic carbocycles. The highest BCUT2D eigenvalue weighted by Crippen LogP contribution is 2.56. The number of allylic oxidation sites excluding steroid dienone is 1. The van der Waals surface area contributed by atoms with Gasteiger partial charge in [-0.3, -0.25) is 9.69 Å². The third-order valence-electron chi connectivity index (χ3n) is 6.41. The number of likely N-dealkylation sites (tertiary alicyclic amines) is 1. The van der Waals surface area contributed by atoms with E-state index >= 15 is 0 Å². The molecule has 0 radical (unpaired) electrons. The van der Waals surface area contributed by atoms with Crippen LogP contribution >= 0.6 is 11.3 Å². The summed E-state index contributed by atoms with van der Waals surface area (Å²) < 4.78 is 0. The molecule has 2 heterocycles. The van der Waals surface area contributed by atoms with Crippen molar-refractivity contribution in [1.29, 1.82) is 0 Å². The van der Waals surface area contributed by atoms with Crippen LogP contribution in [0, 0.1) is 5.41 Å². The van der Waals surface area contributed by atoms with E-state index in [1.807, 2.05) is 6.20 Å². The largest absolute Gasteiger partial charge is 0.339 e. The second-order valence-corrected chi connectivity index (χ2v) is 9.02. The fourth-order valence-corrected chi connectivity index (χ4v) is 5.39. The SMILES string of the molecule is CN(Cc1nccs1)C1CC12CCN(C(=O)C1=CCCCCC1)CC2. The predicted octanol–water partition coefficient (Wildman–Crippen LogP) is 3.85. The molecule has 0 bridgehead atoms. The van der Waals surface area contributed by atoms with E-state index in [4.69, 9.17) is 0 Å². The van der Waals surface area contributed by atoms with E-state index in [1.165, 1.54) is 43.5 Å². The average Bonchev–Trinajstić information content (AvgIpc) is 3.21. The molecule has 4 rings (SSSR count). The molecule has 1 spiro atoms. The molecule has 5 heteroatoms. The molecule has 1 saturated carbocycles. The van der Waals surface area contributed by atoms with Crippen molar-refractivity contribution >= 4 is 17.2 Å². The van der Waals surface area contributed by atoms with Crippen molar-refractivity contribution in [2.24, 2.45) is 5.41 Å². The first-order chi connectivity index (χ1) is 12.2. The second kappa shape index (κ2) is 7.20. The number of hydrogen-bond donors (Lipinski definition) is 0. The van der Waals surface area contributed by atoms with Gasteiger partial charge in [0.1, 0.15) is 5.01 Å². The fraction of sp³-hybridized carbons (Fsp3) is 0.700. The Morgan fingerprint density at radius 2 is 2.20 bits per heavy atom. The number of piperidine rings is 1. The van der Waals surface area contributed by atoms with Crippen molar-refractivity contribution in [3.8, 4) is 0 Å². The van der Waals surface area contributed by atoms with Crippen LogP contribution in [0.25, 0.3) is 0 Å². The molecule has 1 aromatic heterocycles. The first-order valence-electron chi connectivity index (χ1n) is 9.75. The van der Waals surface area contributed by atoms with Gasteiger partial charge in [-0.25, -0.2) is 4.98 Å². The zero-order valence-electron chi connectivity index (χ0n) is 15.2. The summed E-state index contributed by atoms with van der Waals surface area (Å²) >= 11 is 1.74. The molecular weight excluding hydrogens is 330 g/mol. The van der Waals surface area contributed by atoms with Gasteiger partial charge in [0.2, 0.25) is 5.91 Å². The number of hydrogen-bond acceptors (Lipinski definition) is 4. The minimum atomic E-state index is 0.324. The Kier molecular flexibility index (Phi) is 4.96. The maximum Gasteiger partial charge on any atom is 0.249 e. The van der Waals surface area contributed by atoms with Gasteiger partial charge in [-0.2, -0.15) is 0 Å². The molecule has 1 atom stereocenters. The normalized spacial score (nSPS) is 25.8. The van der Waals surface area contributed by atoms with Crippen LogP contribution in [0.15, 0.2) is 23.2 Å². The number of nitrogens with zero attached hydrogens (tertiary/aromatic N) is 3. The van der Waals surface area contributed by atoms with Gasteiger partial charge in [0.05, 0.1) is 6.54 Å². The lowest BCUT2D eigenvalue weighted by Gasteiger charge is -2.34. The van der Waals surface area contributed by atoms with Crippen LogP contribution in [-0.2, 0) is 11.3 Å². The summed E-state index contributed by atoms with van der Waals surface area (Å²) in [6.45, 7) is 2.84. The van der Waals surface area contributed by atoms with E-state index in [1.54, 1.807) is 11.3 Å². The van der Waals surface area contributed by atoms with Gasteiger partial charge in [-0.1, -0.05) is 12.5 Å². The highest BCUT2D eigenvalue weighted by molar-refractivity contribution is 7.09. The molecule has 1 aromatic rings. The van der Waals surface area contributed by atoms with E-state index in [0.29, 0.717) is 17.4 Å². The van der Waals surface area contributed by atoms with Crippen molar-refractivity contribution in [2.75, 3.05) is 20.1 Å². The van der Waals surface area contributed by atoms with E-state index in [2.05, 4.69) is 33.3 Å². The smallest absolute Gasteiger partial charge is 0.249 e. The summed E-state index contributed by atoms with van der Waals surface area (Å²) in [4.78, 5) is 21.8. The minimum Gasteiger partial charge on any atom is -0.339 e. The Labute approximate surface area is 154 Å². The Morgan fingerprint density at radius 3 is 2.96 bits per heavy atom. The monoisotopic (exact) mass is 359 g/mol. The first-order valence-corrected chi connectivity index (χ1v) is 10.6. The Hall–Kier alpha value is -1.20. The number of aromatic nitrogens is 1. The molecule has 1 amide bonds. The molecule has 0 N–H and O–H groups in total. The highest BCUT2D eigenvalue weighted by Gasteiger charge is 2.56. The maximum atomic E-state index is 12.8. The van der Waals surface area contributed by atoms with Gasteiger partial charge in [0.15, 0.2) is 0 Å². The Balaban J connectivity index is 1.30. The zero-order valence-corrected chi connectivity index (χ0v) is 16.1. The zero-order chi connectivity index (χ0) is 17.3. The Bertz CT molecular complexity index is 631. The minimum absolute atomic E-state index is 0.324. The van der Waals surface area contributed by atoms with Gasteiger partial charge in [0.25, 0.3) is 0 Å². The third kappa shape index (κ3) is 3.68. The number of carbonyl (C=O) groups excluding carboxylic acids is 1. The van der Waals surface area contributed by atoms with Crippen LogP contribution in [0.2, 0.25) is 0 Å². The molecule has 4 nitrogen and oxygen atoms in total. The lowest BCUT2D eigenvalue weighted by atomic mass is 9.91. The summed E-state index contributed by atoms with van der Waals surface area (Å²) in [6, 6.07) is 0.672. The molecule has 0 aromatic carbocycles. The number of amides is 1. The summed E-state index contributed by atoms with van der Waals surface area (Å²) in [7, 11) is 2.23. The van der Waals surface area contributed by atoms with E-state index in [0.717, 1.165) is 38.0 Å². The lowest BCUT2D eigenvalue weighted by Crippen LogP contribution is -2.41. The number of rotatable bonds is 4. The fourth-order valence-electron chi connectivity index (χ4n) is 4.71. The number of carbonyl (C=O) groups is 1. The molecular formula is C20H29N3OS. The second-order valence-electron chi connectivity index (χ2n) is 8.04. The van der Waals surface area contributed by atoms with Crippen LogP contribution in [0.5, 0.6) is 0 Å². The van der Waals surface area contributed by atoms with Gasteiger partial charge >= 0.3 is 0 Å². The summed E-state index contributed by atoms with van der Waals surface area (Å²) in [5.41, 5.74) is 1.54. The van der Waals surface area contributed by atoms with Gasteiger partial charge in [-0.05, 0) is 57.4 Å². The molecule has 1 aliphatic heterocycles. The standard InChI is InChI=1S/C20H29N3OS/c1-22(15-18-21-10-13-25-18)17-14-20(17)8-11-23(12-9-20)19(24)16-6-4-2-3-5-7-16/h6,10,13,17H,2-5,7-9,11-12,14-15H2,1H3. The molecule has 3 aliphatic rings.